The van der Waals surface area contributed by atoms with E-state index in [4.69, 9.17) is 14.2 Å². The predicted molar refractivity (Wildman–Crippen MR) is 137 cm³/mol. The van der Waals surface area contributed by atoms with Gasteiger partial charge in [0.1, 0.15) is 24.9 Å². The van der Waals surface area contributed by atoms with Crippen molar-refractivity contribution in [2.24, 2.45) is 39.9 Å². The van der Waals surface area contributed by atoms with Crippen LogP contribution in [0.2, 0.25) is 0 Å². The van der Waals surface area contributed by atoms with E-state index in [1.807, 2.05) is 0 Å². The fourth-order valence-corrected chi connectivity index (χ4v) is 11.5. The Kier molecular flexibility index (Phi) is 6.00. The van der Waals surface area contributed by atoms with Gasteiger partial charge in [-0.05, 0) is 93.0 Å². The molecule has 5 aliphatic carbocycles. The lowest BCUT2D eigenvalue weighted by Crippen LogP contribution is -2.75. The Balaban J connectivity index is 1.12. The largest absolute Gasteiger partial charge is 0.458 e. The maximum Gasteiger partial charge on any atom is 0.331 e. The molecule has 5 saturated carbocycles. The van der Waals surface area contributed by atoms with Crippen LogP contribution in [0.5, 0.6) is 0 Å². The summed E-state index contributed by atoms with van der Waals surface area (Å²) < 4.78 is 17.2. The SMILES string of the molecule is CC1OC(OC2CC3(O)CC4(CO)C5CCC6(C)C(C7=CC(=O)OC7)CCC6C5CCC34C2)C(O)C(O)C1O. The smallest absolute Gasteiger partial charge is 0.331 e. The Hall–Kier alpha value is -1.07. The number of fused-ring (bicyclic) bond motifs is 4. The maximum absolute atomic E-state index is 11.9. The summed E-state index contributed by atoms with van der Waals surface area (Å²) in [6.07, 6.45) is 3.32. The predicted octanol–water partition coefficient (Wildman–Crippen LogP) is 1.43. The van der Waals surface area contributed by atoms with Crippen LogP contribution in [0.15, 0.2) is 11.6 Å². The van der Waals surface area contributed by atoms with E-state index in [0.29, 0.717) is 49.5 Å². The van der Waals surface area contributed by atoms with Crippen molar-refractivity contribution in [3.63, 3.8) is 0 Å². The number of carbonyl (C=O) groups excluding carboxylic acids is 1. The Bertz CT molecular complexity index is 1060. The summed E-state index contributed by atoms with van der Waals surface area (Å²) in [4.78, 5) is 11.8. The van der Waals surface area contributed by atoms with Gasteiger partial charge in [-0.2, -0.15) is 0 Å². The van der Waals surface area contributed by atoms with E-state index in [-0.39, 0.29) is 29.5 Å². The Morgan fingerprint density at radius 3 is 2.54 bits per heavy atom. The Labute approximate surface area is 229 Å². The van der Waals surface area contributed by atoms with Crippen LogP contribution in [0.4, 0.5) is 0 Å². The molecule has 1 spiro atoms. The van der Waals surface area contributed by atoms with Crippen molar-refractivity contribution >= 4 is 5.97 Å². The number of aliphatic hydroxyl groups is 5. The average Bonchev–Trinajstić information content (AvgIpc) is 3.53. The number of carbonyl (C=O) groups is 1. The molecule has 0 aromatic rings. The monoisotopic (exact) mass is 548 g/mol. The third-order valence-electron chi connectivity index (χ3n) is 13.2. The second-order valence-corrected chi connectivity index (χ2v) is 14.4. The van der Waals surface area contributed by atoms with E-state index in [0.717, 1.165) is 44.1 Å². The minimum Gasteiger partial charge on any atom is -0.458 e. The minimum atomic E-state index is -1.37. The summed E-state index contributed by atoms with van der Waals surface area (Å²) >= 11 is 0. The van der Waals surface area contributed by atoms with E-state index in [1.54, 1.807) is 13.0 Å². The standard InChI is InChI=1S/C30H44O9/c1-15-23(33)24(34)25(35)26(38-15)39-17-10-29-8-5-18-20-4-3-19(16-9-22(32)37-12-16)27(20,2)7-6-21(18)28(29,14-31)13-30(29,36)11-17/h9,15,17-21,23-26,31,33-36H,3-8,10-14H2,1-2H3. The van der Waals surface area contributed by atoms with Gasteiger partial charge in [0.25, 0.3) is 0 Å². The molecular formula is C30H44O9. The molecule has 39 heavy (non-hydrogen) atoms. The Morgan fingerprint density at radius 1 is 1.03 bits per heavy atom. The number of ether oxygens (including phenoxy) is 3. The molecule has 7 rings (SSSR count). The van der Waals surface area contributed by atoms with Crippen LogP contribution in [-0.4, -0.2) is 87.1 Å². The van der Waals surface area contributed by atoms with Crippen LogP contribution in [0.3, 0.4) is 0 Å². The zero-order valence-corrected chi connectivity index (χ0v) is 23.0. The van der Waals surface area contributed by atoms with Gasteiger partial charge in [0, 0.05) is 29.9 Å². The summed E-state index contributed by atoms with van der Waals surface area (Å²) in [7, 11) is 0. The molecule has 0 aromatic heterocycles. The zero-order chi connectivity index (χ0) is 27.5. The van der Waals surface area contributed by atoms with E-state index >= 15 is 0 Å². The number of aliphatic hydroxyl groups excluding tert-OH is 4. The molecule has 0 bridgehead atoms. The van der Waals surface area contributed by atoms with Gasteiger partial charge in [-0.15, -0.1) is 0 Å². The van der Waals surface area contributed by atoms with Crippen molar-refractivity contribution in [1.82, 2.24) is 0 Å². The van der Waals surface area contributed by atoms with Gasteiger partial charge in [-0.3, -0.25) is 0 Å². The Morgan fingerprint density at radius 2 is 1.82 bits per heavy atom. The minimum absolute atomic E-state index is 0.0497. The van der Waals surface area contributed by atoms with E-state index in [1.165, 1.54) is 0 Å². The quantitative estimate of drug-likeness (QED) is 0.329. The van der Waals surface area contributed by atoms with Gasteiger partial charge < -0.3 is 39.7 Å². The lowest BCUT2D eigenvalue weighted by Gasteiger charge is -2.74. The van der Waals surface area contributed by atoms with Crippen molar-refractivity contribution in [1.29, 1.82) is 0 Å². The summed E-state index contributed by atoms with van der Waals surface area (Å²) in [6, 6.07) is 0. The van der Waals surface area contributed by atoms with Crippen molar-refractivity contribution in [3.8, 4) is 0 Å². The lowest BCUT2D eigenvalue weighted by atomic mass is 9.31. The normalized spacial score (nSPS) is 58.0. The highest BCUT2D eigenvalue weighted by Gasteiger charge is 2.81. The van der Waals surface area contributed by atoms with Crippen molar-refractivity contribution in [2.45, 2.75) is 114 Å². The molecule has 0 amide bonds. The molecule has 218 valence electrons. The highest BCUT2D eigenvalue weighted by atomic mass is 16.7. The van der Waals surface area contributed by atoms with Gasteiger partial charge in [-0.1, -0.05) is 6.92 Å². The highest BCUT2D eigenvalue weighted by molar-refractivity contribution is 5.85. The molecule has 6 fully saturated rings. The first-order valence-corrected chi connectivity index (χ1v) is 15.0. The molecule has 2 heterocycles. The summed E-state index contributed by atoms with van der Waals surface area (Å²) in [5.41, 5.74) is -0.451. The van der Waals surface area contributed by atoms with Crippen molar-refractivity contribution < 1.29 is 44.5 Å². The first-order valence-electron chi connectivity index (χ1n) is 15.0. The van der Waals surface area contributed by atoms with Gasteiger partial charge >= 0.3 is 5.97 Å². The molecule has 2 aliphatic heterocycles. The molecule has 0 aromatic carbocycles. The second-order valence-electron chi connectivity index (χ2n) is 14.4. The molecule has 9 nitrogen and oxygen atoms in total. The average molecular weight is 549 g/mol. The van der Waals surface area contributed by atoms with Gasteiger partial charge in [-0.25, -0.2) is 4.79 Å². The summed E-state index contributed by atoms with van der Waals surface area (Å²) in [5.74, 6) is 1.49. The first kappa shape index (κ1) is 26.8. The van der Waals surface area contributed by atoms with Gasteiger partial charge in [0.2, 0.25) is 0 Å². The van der Waals surface area contributed by atoms with Crippen molar-refractivity contribution in [2.75, 3.05) is 13.2 Å². The van der Waals surface area contributed by atoms with Crippen LogP contribution >= 0.6 is 0 Å². The second kappa shape index (κ2) is 8.72. The van der Waals surface area contributed by atoms with E-state index in [2.05, 4.69) is 6.92 Å². The molecule has 14 atom stereocenters. The van der Waals surface area contributed by atoms with Crippen LogP contribution in [0.25, 0.3) is 0 Å². The zero-order valence-electron chi connectivity index (χ0n) is 23.0. The van der Waals surface area contributed by atoms with Crippen LogP contribution in [0.1, 0.15) is 71.6 Å². The molecule has 14 unspecified atom stereocenters. The van der Waals surface area contributed by atoms with E-state index in [9.17, 15) is 30.3 Å². The van der Waals surface area contributed by atoms with Crippen LogP contribution < -0.4 is 0 Å². The number of cyclic esters (lactones) is 1. The van der Waals surface area contributed by atoms with Gasteiger partial charge in [0.05, 0.1) is 17.8 Å². The molecule has 9 heteroatoms. The molecule has 7 aliphatic rings. The summed E-state index contributed by atoms with van der Waals surface area (Å²) in [5, 5.41) is 53.8. The fourth-order valence-electron chi connectivity index (χ4n) is 11.5. The summed E-state index contributed by atoms with van der Waals surface area (Å²) in [6.45, 7) is 4.51. The third kappa shape index (κ3) is 3.35. The van der Waals surface area contributed by atoms with E-state index < -0.39 is 41.7 Å². The topological polar surface area (TPSA) is 146 Å². The van der Waals surface area contributed by atoms with Crippen LogP contribution in [-0.2, 0) is 19.0 Å². The van der Waals surface area contributed by atoms with Crippen molar-refractivity contribution in [3.05, 3.63) is 11.6 Å². The third-order valence-corrected chi connectivity index (χ3v) is 13.2. The van der Waals surface area contributed by atoms with Crippen LogP contribution in [0, 0.1) is 39.9 Å². The molecule has 5 N–H and O–H groups in total. The fraction of sp³-hybridized carbons (Fsp3) is 0.900. The lowest BCUT2D eigenvalue weighted by molar-refractivity contribution is -0.321. The number of esters is 1. The molecule has 0 radical (unpaired) electrons. The molecule has 1 saturated heterocycles. The van der Waals surface area contributed by atoms with Gasteiger partial charge in [0.15, 0.2) is 6.29 Å². The number of rotatable bonds is 4. The first-order chi connectivity index (χ1) is 18.5. The number of hydrogen-bond acceptors (Lipinski definition) is 9. The maximum atomic E-state index is 11.9. The highest BCUT2D eigenvalue weighted by Crippen LogP contribution is 2.81. The molecular weight excluding hydrogens is 504 g/mol. The number of hydrogen-bond donors (Lipinski definition) is 5.